The molecule has 152 valence electrons. The Kier molecular flexibility index (Phi) is 5.15. The Morgan fingerprint density at radius 3 is 2.82 bits per heavy atom. The first-order valence-corrected chi connectivity index (χ1v) is 10.9. The monoisotopic (exact) mass is 382 g/mol. The number of carbonyl (C=O) groups is 1. The summed E-state index contributed by atoms with van der Waals surface area (Å²) in [6.45, 7) is 7.69. The van der Waals surface area contributed by atoms with Crippen LogP contribution in [0.25, 0.3) is 10.9 Å². The zero-order valence-corrected chi connectivity index (χ0v) is 17.8. The van der Waals surface area contributed by atoms with Gasteiger partial charge in [0.15, 0.2) is 0 Å². The predicted molar refractivity (Wildman–Crippen MR) is 114 cm³/mol. The second-order valence-electron chi connectivity index (χ2n) is 9.51. The fourth-order valence-electron chi connectivity index (χ4n) is 4.71. The number of nitrogens with zero attached hydrogens (tertiary/aromatic N) is 1. The Morgan fingerprint density at radius 2 is 2.14 bits per heavy atom. The number of amides is 1. The zero-order chi connectivity index (χ0) is 19.9. The lowest BCUT2D eigenvalue weighted by Crippen LogP contribution is -2.35. The Morgan fingerprint density at radius 1 is 1.36 bits per heavy atom. The van der Waals surface area contributed by atoms with E-state index >= 15 is 0 Å². The van der Waals surface area contributed by atoms with Crippen LogP contribution in [-0.2, 0) is 17.6 Å². The molecule has 0 radical (unpaired) electrons. The Labute approximate surface area is 168 Å². The highest BCUT2D eigenvalue weighted by molar-refractivity contribution is 5.90. The summed E-state index contributed by atoms with van der Waals surface area (Å²) in [4.78, 5) is 13.2. The maximum atomic E-state index is 13.2. The van der Waals surface area contributed by atoms with Gasteiger partial charge < -0.3 is 14.6 Å². The second kappa shape index (κ2) is 7.46. The lowest BCUT2D eigenvalue weighted by atomic mass is 9.76. The molecule has 1 aromatic carbocycles. The SMILES string of the molecule is CCCC(C(=O)NCC1CC1)n1c2c(c3ccc(OC)cc31)CCC(C)(C)C2. The highest BCUT2D eigenvalue weighted by Crippen LogP contribution is 2.42. The molecule has 0 bridgehead atoms. The van der Waals surface area contributed by atoms with Crippen molar-refractivity contribution < 1.29 is 9.53 Å². The molecule has 0 aliphatic heterocycles. The fourth-order valence-corrected chi connectivity index (χ4v) is 4.71. The number of benzene rings is 1. The lowest BCUT2D eigenvalue weighted by Gasteiger charge is -2.32. The molecule has 4 nitrogen and oxygen atoms in total. The van der Waals surface area contributed by atoms with Crippen molar-refractivity contribution in [2.75, 3.05) is 13.7 Å². The van der Waals surface area contributed by atoms with E-state index in [9.17, 15) is 4.79 Å². The largest absolute Gasteiger partial charge is 0.497 e. The van der Waals surface area contributed by atoms with Crippen molar-refractivity contribution in [3.63, 3.8) is 0 Å². The number of rotatable bonds is 7. The van der Waals surface area contributed by atoms with Crippen LogP contribution in [-0.4, -0.2) is 24.1 Å². The number of nitrogens with one attached hydrogen (secondary N) is 1. The first-order chi connectivity index (χ1) is 13.4. The molecule has 1 N–H and O–H groups in total. The molecule has 1 atom stereocenters. The molecule has 1 heterocycles. The van der Waals surface area contributed by atoms with Crippen LogP contribution >= 0.6 is 0 Å². The van der Waals surface area contributed by atoms with Gasteiger partial charge in [0.2, 0.25) is 5.91 Å². The highest BCUT2D eigenvalue weighted by atomic mass is 16.5. The van der Waals surface area contributed by atoms with Gasteiger partial charge in [0.1, 0.15) is 11.8 Å². The van der Waals surface area contributed by atoms with Crippen molar-refractivity contribution in [2.45, 2.75) is 71.8 Å². The van der Waals surface area contributed by atoms with Gasteiger partial charge in [0.25, 0.3) is 0 Å². The number of hydrogen-bond donors (Lipinski definition) is 1. The van der Waals surface area contributed by atoms with Gasteiger partial charge in [0, 0.05) is 23.7 Å². The van der Waals surface area contributed by atoms with Gasteiger partial charge in [-0.25, -0.2) is 0 Å². The van der Waals surface area contributed by atoms with Crippen molar-refractivity contribution in [1.82, 2.24) is 9.88 Å². The molecule has 1 aromatic heterocycles. The Hall–Kier alpha value is -1.97. The number of fused-ring (bicyclic) bond motifs is 3. The Bertz CT molecular complexity index is 876. The standard InChI is InChI=1S/C24H34N2O2/c1-5-6-20(23(27)25-15-16-7-8-16)26-21-13-17(28-4)9-10-18(21)19-11-12-24(2,3)14-22(19)26/h9-10,13,16,20H,5-8,11-12,14-15H2,1-4H3,(H,25,27). The normalized spacial score (nSPS) is 19.3. The van der Waals surface area contributed by atoms with E-state index < -0.39 is 0 Å². The molecule has 1 unspecified atom stereocenters. The van der Waals surface area contributed by atoms with Crippen LogP contribution in [0.1, 0.15) is 70.2 Å². The van der Waals surface area contributed by atoms with Crippen LogP contribution in [0.5, 0.6) is 5.75 Å². The van der Waals surface area contributed by atoms with Crippen molar-refractivity contribution >= 4 is 16.8 Å². The molecule has 2 aliphatic carbocycles. The third kappa shape index (κ3) is 3.66. The lowest BCUT2D eigenvalue weighted by molar-refractivity contribution is -0.124. The van der Waals surface area contributed by atoms with Crippen LogP contribution in [0.3, 0.4) is 0 Å². The Balaban J connectivity index is 1.82. The average Bonchev–Trinajstić information content (AvgIpc) is 3.45. The van der Waals surface area contributed by atoms with Crippen molar-refractivity contribution in [1.29, 1.82) is 0 Å². The number of hydrogen-bond acceptors (Lipinski definition) is 2. The van der Waals surface area contributed by atoms with Gasteiger partial charge in [-0.3, -0.25) is 4.79 Å². The third-order valence-electron chi connectivity index (χ3n) is 6.56. The summed E-state index contributed by atoms with van der Waals surface area (Å²) in [5.41, 5.74) is 4.22. The van der Waals surface area contributed by atoms with E-state index in [1.165, 1.54) is 35.9 Å². The first kappa shape index (κ1) is 19.4. The molecule has 28 heavy (non-hydrogen) atoms. The quantitative estimate of drug-likeness (QED) is 0.730. The molecule has 0 spiro atoms. The number of aromatic nitrogens is 1. The summed E-state index contributed by atoms with van der Waals surface area (Å²) in [6.07, 6.45) is 7.67. The summed E-state index contributed by atoms with van der Waals surface area (Å²) < 4.78 is 7.88. The number of methoxy groups -OCH3 is 1. The molecule has 1 amide bonds. The summed E-state index contributed by atoms with van der Waals surface area (Å²) in [5, 5.41) is 4.54. The van der Waals surface area contributed by atoms with E-state index in [1.54, 1.807) is 7.11 Å². The molecular formula is C24H34N2O2. The van der Waals surface area contributed by atoms with Crippen molar-refractivity contribution in [3.05, 3.63) is 29.5 Å². The molecule has 1 fully saturated rings. The third-order valence-corrected chi connectivity index (χ3v) is 6.56. The summed E-state index contributed by atoms with van der Waals surface area (Å²) >= 11 is 0. The van der Waals surface area contributed by atoms with Crippen LogP contribution in [0.2, 0.25) is 0 Å². The molecule has 4 rings (SSSR count). The van der Waals surface area contributed by atoms with E-state index in [-0.39, 0.29) is 17.4 Å². The average molecular weight is 383 g/mol. The minimum atomic E-state index is -0.143. The maximum Gasteiger partial charge on any atom is 0.243 e. The minimum absolute atomic E-state index is 0.143. The van der Waals surface area contributed by atoms with Gasteiger partial charge in [0.05, 0.1) is 12.6 Å². The van der Waals surface area contributed by atoms with Crippen molar-refractivity contribution in [2.24, 2.45) is 11.3 Å². The van der Waals surface area contributed by atoms with Crippen LogP contribution in [0.4, 0.5) is 0 Å². The number of carbonyl (C=O) groups excluding carboxylic acids is 1. The summed E-state index contributed by atoms with van der Waals surface area (Å²) in [6, 6.07) is 6.22. The highest BCUT2D eigenvalue weighted by Gasteiger charge is 2.34. The topological polar surface area (TPSA) is 43.3 Å². The van der Waals surface area contributed by atoms with Gasteiger partial charge >= 0.3 is 0 Å². The van der Waals surface area contributed by atoms with Crippen molar-refractivity contribution in [3.8, 4) is 5.75 Å². The maximum absolute atomic E-state index is 13.2. The number of ether oxygens (including phenoxy) is 1. The van der Waals surface area contributed by atoms with Crippen LogP contribution < -0.4 is 10.1 Å². The van der Waals surface area contributed by atoms with Crippen LogP contribution in [0, 0.1) is 11.3 Å². The van der Waals surface area contributed by atoms with E-state index in [4.69, 9.17) is 4.74 Å². The summed E-state index contributed by atoms with van der Waals surface area (Å²) in [5.74, 6) is 1.73. The van der Waals surface area contributed by atoms with E-state index in [1.807, 2.05) is 0 Å². The smallest absolute Gasteiger partial charge is 0.243 e. The molecule has 0 saturated heterocycles. The first-order valence-electron chi connectivity index (χ1n) is 10.9. The van der Waals surface area contributed by atoms with E-state index in [0.29, 0.717) is 5.92 Å². The minimum Gasteiger partial charge on any atom is -0.497 e. The molecule has 2 aliphatic rings. The van der Waals surface area contributed by atoms with E-state index in [2.05, 4.69) is 48.9 Å². The van der Waals surface area contributed by atoms with Gasteiger partial charge in [-0.15, -0.1) is 0 Å². The summed E-state index contributed by atoms with van der Waals surface area (Å²) in [7, 11) is 1.71. The van der Waals surface area contributed by atoms with Gasteiger partial charge in [-0.2, -0.15) is 0 Å². The molecular weight excluding hydrogens is 348 g/mol. The van der Waals surface area contributed by atoms with Crippen LogP contribution in [0.15, 0.2) is 18.2 Å². The fraction of sp³-hybridized carbons (Fsp3) is 0.625. The molecule has 4 heteroatoms. The van der Waals surface area contributed by atoms with Gasteiger partial charge in [-0.1, -0.05) is 27.2 Å². The van der Waals surface area contributed by atoms with Gasteiger partial charge in [-0.05, 0) is 67.6 Å². The predicted octanol–water partition coefficient (Wildman–Crippen LogP) is 5.03. The molecule has 1 saturated carbocycles. The zero-order valence-electron chi connectivity index (χ0n) is 17.8. The second-order valence-corrected chi connectivity index (χ2v) is 9.51. The van der Waals surface area contributed by atoms with E-state index in [0.717, 1.165) is 43.5 Å². The number of aryl methyl sites for hydroxylation is 1. The molecule has 2 aromatic rings.